The molecule has 1 rings (SSSR count). The van der Waals surface area contributed by atoms with Gasteiger partial charge in [0, 0.05) is 6.54 Å². The van der Waals surface area contributed by atoms with Gasteiger partial charge >= 0.3 is 0 Å². The third kappa shape index (κ3) is 8.72. The van der Waals surface area contributed by atoms with Gasteiger partial charge in [0.25, 0.3) is 0 Å². The molecule has 0 bridgehead atoms. The molecular formula is C10H16N2O. The molecule has 0 saturated carbocycles. The third-order valence-electron chi connectivity index (χ3n) is 1.15. The molecule has 1 aromatic carbocycles. The summed E-state index contributed by atoms with van der Waals surface area (Å²) in [5.74, 6) is 5.28. The Balaban J connectivity index is 0.000000310. The fourth-order valence-corrected chi connectivity index (χ4v) is 0.714. The lowest BCUT2D eigenvalue weighted by Crippen LogP contribution is -2.20. The summed E-state index contributed by atoms with van der Waals surface area (Å²) in [6.07, 6.45) is 0. The molecule has 72 valence electrons. The Hall–Kier alpha value is -1.19. The van der Waals surface area contributed by atoms with E-state index in [1.165, 1.54) is 19.4 Å². The van der Waals surface area contributed by atoms with Crippen LogP contribution < -0.4 is 11.3 Å². The molecule has 0 radical (unpaired) electrons. The van der Waals surface area contributed by atoms with E-state index in [2.05, 4.69) is 5.43 Å². The van der Waals surface area contributed by atoms with Crippen LogP contribution in [0, 0.1) is 0 Å². The first kappa shape index (κ1) is 11.8. The van der Waals surface area contributed by atoms with Crippen molar-refractivity contribution in [3.8, 4) is 0 Å². The molecule has 0 saturated heterocycles. The molecule has 3 N–H and O–H groups in total. The zero-order valence-electron chi connectivity index (χ0n) is 8.08. The van der Waals surface area contributed by atoms with E-state index in [1.807, 2.05) is 30.3 Å². The van der Waals surface area contributed by atoms with E-state index < -0.39 is 0 Å². The van der Waals surface area contributed by atoms with Crippen LogP contribution in [0.3, 0.4) is 0 Å². The predicted octanol–water partition coefficient (Wildman–Crippen LogP) is 1.25. The van der Waals surface area contributed by atoms with Gasteiger partial charge in [0.15, 0.2) is 0 Å². The number of benzene rings is 1. The van der Waals surface area contributed by atoms with E-state index in [0.29, 0.717) is 0 Å². The van der Waals surface area contributed by atoms with Crippen LogP contribution in [0.15, 0.2) is 30.3 Å². The molecule has 3 heteroatoms. The maximum atomic E-state index is 9.44. The van der Waals surface area contributed by atoms with Gasteiger partial charge in [0.05, 0.1) is 0 Å². The monoisotopic (exact) mass is 180 g/mol. The first-order valence-electron chi connectivity index (χ1n) is 4.11. The van der Waals surface area contributed by atoms with Gasteiger partial charge in [-0.3, -0.25) is 11.3 Å². The van der Waals surface area contributed by atoms with Crippen molar-refractivity contribution in [2.45, 2.75) is 20.4 Å². The molecule has 0 aliphatic heterocycles. The van der Waals surface area contributed by atoms with Crippen LogP contribution in [0.2, 0.25) is 0 Å². The van der Waals surface area contributed by atoms with Gasteiger partial charge in [-0.1, -0.05) is 30.3 Å². The van der Waals surface area contributed by atoms with E-state index in [0.717, 1.165) is 6.54 Å². The summed E-state index contributed by atoms with van der Waals surface area (Å²) >= 11 is 0. The normalized spacial score (nSPS) is 8.54. The minimum Gasteiger partial charge on any atom is -0.300 e. The lowest BCUT2D eigenvalue weighted by atomic mass is 10.2. The average Bonchev–Trinajstić information content (AvgIpc) is 2.06. The molecule has 0 unspecified atom stereocenters. The summed E-state index contributed by atoms with van der Waals surface area (Å²) in [7, 11) is 0. The molecule has 0 atom stereocenters. The number of nitrogens with two attached hydrogens (primary N) is 1. The first-order chi connectivity index (χ1) is 6.16. The van der Waals surface area contributed by atoms with Crippen molar-refractivity contribution in [1.82, 2.24) is 5.43 Å². The number of ketones is 1. The van der Waals surface area contributed by atoms with Gasteiger partial charge in [-0.05, 0) is 19.4 Å². The van der Waals surface area contributed by atoms with Crippen molar-refractivity contribution in [2.75, 3.05) is 0 Å². The van der Waals surface area contributed by atoms with Gasteiger partial charge in [0.1, 0.15) is 5.78 Å². The highest BCUT2D eigenvalue weighted by Crippen LogP contribution is 1.95. The second kappa shape index (κ2) is 7.46. The van der Waals surface area contributed by atoms with Gasteiger partial charge in [-0.15, -0.1) is 0 Å². The zero-order valence-corrected chi connectivity index (χ0v) is 8.08. The largest absolute Gasteiger partial charge is 0.300 e. The Labute approximate surface area is 78.9 Å². The van der Waals surface area contributed by atoms with E-state index >= 15 is 0 Å². The Morgan fingerprint density at radius 1 is 1.31 bits per heavy atom. The fraction of sp³-hybridized carbons (Fsp3) is 0.300. The highest BCUT2D eigenvalue weighted by atomic mass is 16.1. The molecule has 0 aliphatic carbocycles. The minimum absolute atomic E-state index is 0.167. The highest BCUT2D eigenvalue weighted by molar-refractivity contribution is 5.72. The molecule has 1 aromatic rings. The maximum Gasteiger partial charge on any atom is 0.126 e. The van der Waals surface area contributed by atoms with Crippen LogP contribution >= 0.6 is 0 Å². The third-order valence-corrected chi connectivity index (χ3v) is 1.15. The number of nitrogens with one attached hydrogen (secondary N) is 1. The van der Waals surface area contributed by atoms with Gasteiger partial charge in [-0.25, -0.2) is 0 Å². The Morgan fingerprint density at radius 2 is 1.77 bits per heavy atom. The second-order valence-electron chi connectivity index (χ2n) is 2.77. The van der Waals surface area contributed by atoms with Gasteiger partial charge in [0.2, 0.25) is 0 Å². The van der Waals surface area contributed by atoms with Crippen LogP contribution in [0.1, 0.15) is 19.4 Å². The van der Waals surface area contributed by atoms with Crippen molar-refractivity contribution in [3.05, 3.63) is 35.9 Å². The number of rotatable bonds is 2. The van der Waals surface area contributed by atoms with Crippen LogP contribution in [0.25, 0.3) is 0 Å². The molecule has 13 heavy (non-hydrogen) atoms. The predicted molar refractivity (Wildman–Crippen MR) is 53.8 cm³/mol. The smallest absolute Gasteiger partial charge is 0.126 e. The van der Waals surface area contributed by atoms with Gasteiger partial charge in [-0.2, -0.15) is 0 Å². The van der Waals surface area contributed by atoms with Crippen LogP contribution in [-0.4, -0.2) is 5.78 Å². The number of hydrazine groups is 1. The lowest BCUT2D eigenvalue weighted by molar-refractivity contribution is -0.114. The molecule has 0 aliphatic rings. The first-order valence-corrected chi connectivity index (χ1v) is 4.11. The SMILES string of the molecule is CC(C)=O.NNCc1ccccc1. The minimum atomic E-state index is 0.167. The Bertz CT molecular complexity index is 230. The number of carbonyl (C=O) groups excluding carboxylic acids is 1. The molecule has 0 fully saturated rings. The van der Waals surface area contributed by atoms with E-state index in [9.17, 15) is 4.79 Å². The number of carbonyl (C=O) groups is 1. The van der Waals surface area contributed by atoms with Crippen molar-refractivity contribution in [3.63, 3.8) is 0 Å². The van der Waals surface area contributed by atoms with Crippen LogP contribution in [0.5, 0.6) is 0 Å². The zero-order chi connectivity index (χ0) is 10.1. The average molecular weight is 180 g/mol. The summed E-state index contributed by atoms with van der Waals surface area (Å²) < 4.78 is 0. The molecule has 0 spiro atoms. The number of Topliss-reactive ketones (excluding diaryl/α,β-unsaturated/α-hetero) is 1. The summed E-state index contributed by atoms with van der Waals surface area (Å²) in [6.45, 7) is 3.79. The van der Waals surface area contributed by atoms with Crippen molar-refractivity contribution < 1.29 is 4.79 Å². The fourth-order valence-electron chi connectivity index (χ4n) is 0.714. The molecule has 0 amide bonds. The van der Waals surface area contributed by atoms with Gasteiger partial charge < -0.3 is 4.79 Å². The van der Waals surface area contributed by atoms with Crippen molar-refractivity contribution in [1.29, 1.82) is 0 Å². The van der Waals surface area contributed by atoms with E-state index in [1.54, 1.807) is 0 Å². The molecule has 0 heterocycles. The van der Waals surface area contributed by atoms with E-state index in [4.69, 9.17) is 5.84 Å². The lowest BCUT2D eigenvalue weighted by Gasteiger charge is -1.95. The van der Waals surface area contributed by atoms with Crippen molar-refractivity contribution >= 4 is 5.78 Å². The molecule has 3 nitrogen and oxygen atoms in total. The topological polar surface area (TPSA) is 55.1 Å². The number of hydrogen-bond donors (Lipinski definition) is 2. The summed E-state index contributed by atoms with van der Waals surface area (Å²) in [5.41, 5.74) is 3.79. The van der Waals surface area contributed by atoms with E-state index in [-0.39, 0.29) is 5.78 Å². The Morgan fingerprint density at radius 3 is 2.15 bits per heavy atom. The highest BCUT2D eigenvalue weighted by Gasteiger charge is 1.83. The van der Waals surface area contributed by atoms with Crippen molar-refractivity contribution in [2.24, 2.45) is 5.84 Å². The summed E-state index contributed by atoms with van der Waals surface area (Å²) in [5, 5.41) is 0. The Kier molecular flexibility index (Phi) is 6.78. The quantitative estimate of drug-likeness (QED) is 0.532. The second-order valence-corrected chi connectivity index (χ2v) is 2.77. The standard InChI is InChI=1S/C7H10N2.C3H6O/c8-9-6-7-4-2-1-3-5-7;1-3(2)4/h1-5,9H,6,8H2;1-2H3. The van der Waals surface area contributed by atoms with Crippen LogP contribution in [0.4, 0.5) is 0 Å². The molecular weight excluding hydrogens is 164 g/mol. The summed E-state index contributed by atoms with van der Waals surface area (Å²) in [4.78, 5) is 9.44. The molecule has 0 aromatic heterocycles. The maximum absolute atomic E-state index is 9.44. The summed E-state index contributed by atoms with van der Waals surface area (Å²) in [6, 6.07) is 10.0. The van der Waals surface area contributed by atoms with Crippen LogP contribution in [-0.2, 0) is 11.3 Å². The number of hydrogen-bond acceptors (Lipinski definition) is 3.